The number of benzene rings is 2. The highest BCUT2D eigenvalue weighted by molar-refractivity contribution is 7.93. The van der Waals surface area contributed by atoms with Gasteiger partial charge >= 0.3 is 0 Å². The number of sulfone groups is 1. The van der Waals surface area contributed by atoms with E-state index in [0.717, 1.165) is 17.4 Å². The quantitative estimate of drug-likeness (QED) is 0.483. The molecule has 0 aliphatic rings. The molecule has 0 atom stereocenters. The molecule has 0 fully saturated rings. The maximum Gasteiger partial charge on any atom is 0.249 e. The second kappa shape index (κ2) is 6.84. The molecule has 0 radical (unpaired) electrons. The molecule has 4 rings (SSSR count). The molecule has 8 heteroatoms. The first-order valence-corrected chi connectivity index (χ1v) is 10.9. The molecule has 2 aromatic heterocycles. The van der Waals surface area contributed by atoms with Gasteiger partial charge in [0.15, 0.2) is 0 Å². The van der Waals surface area contributed by atoms with Gasteiger partial charge in [0.1, 0.15) is 14.9 Å². The Hall–Kier alpha value is -2.48. The summed E-state index contributed by atoms with van der Waals surface area (Å²) in [6, 6.07) is 13.5. The highest BCUT2D eigenvalue weighted by Crippen LogP contribution is 2.42. The van der Waals surface area contributed by atoms with Gasteiger partial charge in [0.25, 0.3) is 0 Å². The minimum atomic E-state index is -4.02. The number of hydrogen-bond acceptors (Lipinski definition) is 4. The summed E-state index contributed by atoms with van der Waals surface area (Å²) < 4.78 is 40.7. The van der Waals surface area contributed by atoms with Crippen molar-refractivity contribution in [2.45, 2.75) is 16.0 Å². The van der Waals surface area contributed by atoms with Crippen molar-refractivity contribution in [3.63, 3.8) is 0 Å². The Morgan fingerprint density at radius 2 is 1.75 bits per heavy atom. The summed E-state index contributed by atoms with van der Waals surface area (Å²) in [5, 5.41) is 1.11. The zero-order valence-electron chi connectivity index (χ0n) is 14.5. The number of rotatable bonds is 3. The van der Waals surface area contributed by atoms with E-state index in [0.29, 0.717) is 31.9 Å². The molecule has 4 nitrogen and oxygen atoms in total. The van der Waals surface area contributed by atoms with E-state index in [1.165, 1.54) is 18.2 Å². The minimum Gasteiger partial charge on any atom is -0.314 e. The lowest BCUT2D eigenvalue weighted by atomic mass is 10.1. The molecule has 0 saturated carbocycles. The zero-order valence-corrected chi connectivity index (χ0v) is 16.9. The number of fused-ring (bicyclic) bond motifs is 1. The number of H-pyrrole nitrogens is 1. The molecule has 2 aromatic carbocycles. The first-order valence-electron chi connectivity index (χ1n) is 8.20. The molecule has 1 N–H and O–H groups in total. The Morgan fingerprint density at radius 1 is 1.04 bits per heavy atom. The molecular formula is C20H13ClFNO3S2. The summed E-state index contributed by atoms with van der Waals surface area (Å²) in [7, 11) is -4.02. The topological polar surface area (TPSA) is 67.0 Å². The number of aryl methyl sites for hydroxylation is 1. The predicted octanol–water partition coefficient (Wildman–Crippen LogP) is 5.19. The van der Waals surface area contributed by atoms with Crippen LogP contribution in [0.25, 0.3) is 21.3 Å². The van der Waals surface area contributed by atoms with Crippen LogP contribution in [0.1, 0.15) is 5.56 Å². The first kappa shape index (κ1) is 18.9. The van der Waals surface area contributed by atoms with Gasteiger partial charge in [-0.05, 0) is 48.4 Å². The molecule has 28 heavy (non-hydrogen) atoms. The number of aromatic amines is 1. The van der Waals surface area contributed by atoms with Crippen molar-refractivity contribution in [2.75, 3.05) is 0 Å². The summed E-state index contributed by atoms with van der Waals surface area (Å²) in [6.45, 7) is 1.56. The molecule has 0 saturated heterocycles. The molecule has 0 unspecified atom stereocenters. The lowest BCUT2D eigenvalue weighted by Crippen LogP contribution is -2.02. The number of halogens is 2. The second-order valence-corrected chi connectivity index (χ2v) is 9.85. The summed E-state index contributed by atoms with van der Waals surface area (Å²) >= 11 is 6.92. The minimum absolute atomic E-state index is 0.0370. The SMILES string of the molecule is Cc1ccc(S(=O)(=O)c2sc3[nH]c(=O)ccc3c2-c2ccc(Cl)cc2)cc1F. The number of pyridine rings is 1. The van der Waals surface area contributed by atoms with Crippen LogP contribution in [0.5, 0.6) is 0 Å². The van der Waals surface area contributed by atoms with Crippen molar-refractivity contribution < 1.29 is 12.8 Å². The van der Waals surface area contributed by atoms with Gasteiger partial charge in [0.2, 0.25) is 15.4 Å². The second-order valence-electron chi connectivity index (χ2n) is 6.25. The lowest BCUT2D eigenvalue weighted by molar-refractivity contribution is 0.591. The van der Waals surface area contributed by atoms with Gasteiger partial charge in [-0.2, -0.15) is 0 Å². The van der Waals surface area contributed by atoms with Crippen LogP contribution in [0.15, 0.2) is 68.5 Å². The Balaban J connectivity index is 2.05. The molecule has 0 aliphatic heterocycles. The van der Waals surface area contributed by atoms with Crippen LogP contribution in [-0.2, 0) is 9.84 Å². The molecule has 142 valence electrons. The standard InChI is InChI=1S/C20H13ClFNO3S2/c1-11-2-7-14(10-16(11)22)28(25,26)20-18(12-3-5-13(21)6-4-12)15-8-9-17(24)23-19(15)27-20/h2-10H,1H3,(H,23,24). The average Bonchev–Trinajstić information content (AvgIpc) is 3.04. The van der Waals surface area contributed by atoms with Crippen LogP contribution in [0.2, 0.25) is 5.02 Å². The Labute approximate surface area is 169 Å². The lowest BCUT2D eigenvalue weighted by Gasteiger charge is -2.08. The summed E-state index contributed by atoms with van der Waals surface area (Å²) in [5.41, 5.74) is 1.11. The highest BCUT2D eigenvalue weighted by atomic mass is 35.5. The zero-order chi connectivity index (χ0) is 20.1. The molecule has 4 aromatic rings. The smallest absolute Gasteiger partial charge is 0.249 e. The Kier molecular flexibility index (Phi) is 4.61. The number of hydrogen-bond donors (Lipinski definition) is 1. The van der Waals surface area contributed by atoms with Crippen LogP contribution >= 0.6 is 22.9 Å². The van der Waals surface area contributed by atoms with Crippen LogP contribution in [0.4, 0.5) is 4.39 Å². The van der Waals surface area contributed by atoms with Gasteiger partial charge in [-0.3, -0.25) is 4.79 Å². The van der Waals surface area contributed by atoms with E-state index in [9.17, 15) is 17.6 Å². The summed E-state index contributed by atoms with van der Waals surface area (Å²) in [6.07, 6.45) is 0. The number of aromatic nitrogens is 1. The van der Waals surface area contributed by atoms with Gasteiger partial charge < -0.3 is 4.98 Å². The largest absolute Gasteiger partial charge is 0.314 e. The molecule has 0 amide bonds. The molecule has 0 bridgehead atoms. The third-order valence-corrected chi connectivity index (χ3v) is 8.02. The van der Waals surface area contributed by atoms with E-state index in [2.05, 4.69) is 4.98 Å². The van der Waals surface area contributed by atoms with Crippen LogP contribution in [0.3, 0.4) is 0 Å². The maximum absolute atomic E-state index is 14.0. The fraction of sp³-hybridized carbons (Fsp3) is 0.0500. The van der Waals surface area contributed by atoms with Gasteiger partial charge in [0.05, 0.1) is 4.90 Å². The van der Waals surface area contributed by atoms with E-state index >= 15 is 0 Å². The van der Waals surface area contributed by atoms with Gasteiger partial charge in [-0.15, -0.1) is 11.3 Å². The summed E-state index contributed by atoms with van der Waals surface area (Å²) in [4.78, 5) is 14.7. The fourth-order valence-corrected chi connectivity index (χ4v) is 6.18. The monoisotopic (exact) mass is 433 g/mol. The van der Waals surface area contributed by atoms with E-state index in [1.54, 1.807) is 37.3 Å². The van der Waals surface area contributed by atoms with E-state index in [-0.39, 0.29) is 14.7 Å². The highest BCUT2D eigenvalue weighted by Gasteiger charge is 2.27. The van der Waals surface area contributed by atoms with Crippen molar-refractivity contribution in [1.29, 1.82) is 0 Å². The predicted molar refractivity (Wildman–Crippen MR) is 109 cm³/mol. The Morgan fingerprint density at radius 3 is 2.43 bits per heavy atom. The normalized spacial score (nSPS) is 11.8. The van der Waals surface area contributed by atoms with Gasteiger partial charge in [-0.1, -0.05) is 29.8 Å². The fourth-order valence-electron chi connectivity index (χ4n) is 2.91. The third kappa shape index (κ3) is 3.15. The third-order valence-electron chi connectivity index (χ3n) is 4.38. The molecular weight excluding hydrogens is 421 g/mol. The number of thiophene rings is 1. The first-order chi connectivity index (χ1) is 13.3. The van der Waals surface area contributed by atoms with Crippen molar-refractivity contribution in [2.24, 2.45) is 0 Å². The average molecular weight is 434 g/mol. The maximum atomic E-state index is 14.0. The van der Waals surface area contributed by atoms with Crippen molar-refractivity contribution in [3.05, 3.63) is 81.4 Å². The van der Waals surface area contributed by atoms with Crippen LogP contribution in [0, 0.1) is 12.7 Å². The van der Waals surface area contributed by atoms with Crippen molar-refractivity contribution >= 4 is 43.0 Å². The van der Waals surface area contributed by atoms with E-state index < -0.39 is 15.7 Å². The van der Waals surface area contributed by atoms with Gasteiger partial charge in [-0.25, -0.2) is 12.8 Å². The van der Waals surface area contributed by atoms with E-state index in [4.69, 9.17) is 11.6 Å². The molecule has 0 aliphatic carbocycles. The molecule has 0 spiro atoms. The van der Waals surface area contributed by atoms with Crippen LogP contribution < -0.4 is 5.56 Å². The van der Waals surface area contributed by atoms with Crippen molar-refractivity contribution in [1.82, 2.24) is 4.98 Å². The van der Waals surface area contributed by atoms with Crippen molar-refractivity contribution in [3.8, 4) is 11.1 Å². The number of nitrogens with one attached hydrogen (secondary N) is 1. The Bertz CT molecular complexity index is 1370. The molecule has 2 heterocycles. The van der Waals surface area contributed by atoms with Gasteiger partial charge in [0, 0.05) is 22.0 Å². The van der Waals surface area contributed by atoms with E-state index in [1.807, 2.05) is 0 Å². The van der Waals surface area contributed by atoms with Crippen LogP contribution in [-0.4, -0.2) is 13.4 Å². The summed E-state index contributed by atoms with van der Waals surface area (Å²) in [5.74, 6) is -0.594.